The summed E-state index contributed by atoms with van der Waals surface area (Å²) in [6.45, 7) is 5.44. The SMILES string of the molecule is C[C@@H](CC(=O)c1cnc(N2CCN(C)CC2)s1)c1ncc(C(=O)Nc2cc(C(F)(F)F)c(Cl)cn2)s1. The van der Waals surface area contributed by atoms with Gasteiger partial charge in [0.2, 0.25) is 0 Å². The molecule has 1 N–H and O–H groups in total. The minimum Gasteiger partial charge on any atom is -0.346 e. The molecule has 0 aromatic carbocycles. The van der Waals surface area contributed by atoms with Gasteiger partial charge in [-0.1, -0.05) is 29.9 Å². The van der Waals surface area contributed by atoms with E-state index in [9.17, 15) is 22.8 Å². The Morgan fingerprint density at radius 3 is 2.47 bits per heavy atom. The molecule has 3 aromatic rings. The maximum atomic E-state index is 13.1. The monoisotopic (exact) mass is 558 g/mol. The van der Waals surface area contributed by atoms with Crippen LogP contribution in [-0.2, 0) is 6.18 Å². The van der Waals surface area contributed by atoms with Gasteiger partial charge in [0.25, 0.3) is 5.91 Å². The quantitative estimate of drug-likeness (QED) is 0.406. The van der Waals surface area contributed by atoms with Crippen molar-refractivity contribution in [2.75, 3.05) is 43.4 Å². The van der Waals surface area contributed by atoms with Gasteiger partial charge < -0.3 is 15.1 Å². The first kappa shape index (κ1) is 26.5. The number of aromatic nitrogens is 3. The zero-order valence-electron chi connectivity index (χ0n) is 19.3. The molecule has 0 unspecified atom stereocenters. The molecule has 0 saturated carbocycles. The van der Waals surface area contributed by atoms with E-state index < -0.39 is 22.7 Å². The summed E-state index contributed by atoms with van der Waals surface area (Å²) < 4.78 is 39.2. The molecule has 4 heterocycles. The number of likely N-dealkylation sites (N-methyl/N-ethyl adjacent to an activating group) is 1. The zero-order valence-corrected chi connectivity index (χ0v) is 21.7. The van der Waals surface area contributed by atoms with Crippen LogP contribution in [0.1, 0.15) is 49.2 Å². The van der Waals surface area contributed by atoms with E-state index in [0.717, 1.165) is 48.8 Å². The number of amides is 1. The van der Waals surface area contributed by atoms with Gasteiger partial charge in [-0.2, -0.15) is 13.2 Å². The molecule has 36 heavy (non-hydrogen) atoms. The van der Waals surface area contributed by atoms with Crippen molar-refractivity contribution in [1.29, 1.82) is 0 Å². The molecule has 1 aliphatic heterocycles. The Hall–Kier alpha value is -2.61. The highest BCUT2D eigenvalue weighted by molar-refractivity contribution is 7.17. The summed E-state index contributed by atoms with van der Waals surface area (Å²) in [5.74, 6) is -1.26. The molecule has 0 aliphatic carbocycles. The van der Waals surface area contributed by atoms with Crippen molar-refractivity contribution in [2.45, 2.75) is 25.4 Å². The number of piperazine rings is 1. The fourth-order valence-electron chi connectivity index (χ4n) is 3.53. The second-order valence-electron chi connectivity index (χ2n) is 8.39. The predicted molar refractivity (Wildman–Crippen MR) is 134 cm³/mol. The van der Waals surface area contributed by atoms with Crippen LogP contribution in [0.15, 0.2) is 24.7 Å². The Morgan fingerprint density at radius 2 is 1.78 bits per heavy atom. The van der Waals surface area contributed by atoms with Crippen molar-refractivity contribution in [3.8, 4) is 0 Å². The molecule has 4 rings (SSSR count). The lowest BCUT2D eigenvalue weighted by Crippen LogP contribution is -2.44. The first-order chi connectivity index (χ1) is 17.0. The van der Waals surface area contributed by atoms with Gasteiger partial charge in [-0.05, 0) is 13.1 Å². The topological polar surface area (TPSA) is 91.3 Å². The molecule has 1 saturated heterocycles. The van der Waals surface area contributed by atoms with Gasteiger partial charge in [-0.3, -0.25) is 9.59 Å². The Balaban J connectivity index is 1.37. The molecule has 1 amide bonds. The summed E-state index contributed by atoms with van der Waals surface area (Å²) in [4.78, 5) is 42.9. The van der Waals surface area contributed by atoms with E-state index in [0.29, 0.717) is 16.0 Å². The number of hydrogen-bond acceptors (Lipinski definition) is 9. The number of anilines is 2. The van der Waals surface area contributed by atoms with Crippen molar-refractivity contribution in [1.82, 2.24) is 19.9 Å². The average Bonchev–Trinajstić information content (AvgIpc) is 3.51. The van der Waals surface area contributed by atoms with E-state index in [1.54, 1.807) is 6.20 Å². The van der Waals surface area contributed by atoms with Gasteiger partial charge in [-0.25, -0.2) is 15.0 Å². The number of halogens is 4. The number of hydrogen-bond donors (Lipinski definition) is 1. The molecule has 192 valence electrons. The lowest BCUT2D eigenvalue weighted by Gasteiger charge is -2.32. The minimum absolute atomic E-state index is 0.0633. The number of alkyl halides is 3. The summed E-state index contributed by atoms with van der Waals surface area (Å²) in [5.41, 5.74) is -1.09. The highest BCUT2D eigenvalue weighted by Gasteiger charge is 2.34. The van der Waals surface area contributed by atoms with Crippen molar-refractivity contribution in [3.05, 3.63) is 50.0 Å². The normalized spacial score (nSPS) is 15.7. The second kappa shape index (κ2) is 10.8. The van der Waals surface area contributed by atoms with Gasteiger partial charge in [0.05, 0.1) is 32.9 Å². The zero-order chi connectivity index (χ0) is 26.0. The smallest absolute Gasteiger partial charge is 0.346 e. The predicted octanol–water partition coefficient (Wildman–Crippen LogP) is 5.05. The van der Waals surface area contributed by atoms with E-state index >= 15 is 0 Å². The summed E-state index contributed by atoms with van der Waals surface area (Å²) in [5, 5.41) is 3.17. The van der Waals surface area contributed by atoms with Gasteiger partial charge in [0, 0.05) is 44.7 Å². The summed E-state index contributed by atoms with van der Waals surface area (Å²) in [6.07, 6.45) is -0.729. The van der Waals surface area contributed by atoms with E-state index in [-0.39, 0.29) is 28.8 Å². The van der Waals surface area contributed by atoms with Crippen LogP contribution in [0.2, 0.25) is 5.02 Å². The van der Waals surface area contributed by atoms with Crippen LogP contribution < -0.4 is 10.2 Å². The number of rotatable bonds is 7. The maximum Gasteiger partial charge on any atom is 0.418 e. The van der Waals surface area contributed by atoms with Crippen molar-refractivity contribution in [3.63, 3.8) is 0 Å². The Bertz CT molecular complexity index is 1260. The largest absolute Gasteiger partial charge is 0.418 e. The number of carbonyl (C=O) groups excluding carboxylic acids is 2. The van der Waals surface area contributed by atoms with Gasteiger partial charge >= 0.3 is 6.18 Å². The van der Waals surface area contributed by atoms with Crippen LogP contribution >= 0.6 is 34.3 Å². The van der Waals surface area contributed by atoms with E-state index in [1.165, 1.54) is 17.5 Å². The highest BCUT2D eigenvalue weighted by atomic mass is 35.5. The van der Waals surface area contributed by atoms with E-state index in [4.69, 9.17) is 11.6 Å². The van der Waals surface area contributed by atoms with Gasteiger partial charge in [0.1, 0.15) is 10.7 Å². The van der Waals surface area contributed by atoms with Gasteiger partial charge in [-0.15, -0.1) is 11.3 Å². The Labute approximate surface area is 218 Å². The van der Waals surface area contributed by atoms with Crippen molar-refractivity contribution in [2.24, 2.45) is 0 Å². The minimum atomic E-state index is -4.68. The molecule has 3 aromatic heterocycles. The molecule has 1 atom stereocenters. The van der Waals surface area contributed by atoms with Crippen LogP contribution in [0, 0.1) is 0 Å². The van der Waals surface area contributed by atoms with Crippen LogP contribution in [0.4, 0.5) is 24.1 Å². The first-order valence-electron chi connectivity index (χ1n) is 10.9. The molecule has 8 nitrogen and oxygen atoms in total. The standard InChI is InChI=1S/C22H22ClF3N6O2S2/c1-12(7-15(33)16-10-29-21(36-16)32-5-3-31(2)4-6-32)20-28-11-17(35-20)19(34)30-18-8-13(22(24,25)26)14(23)9-27-18/h8-12H,3-7H2,1-2H3,(H,27,30,34)/t12-/m0/s1. The van der Waals surface area contributed by atoms with Crippen LogP contribution in [0.25, 0.3) is 0 Å². The fraction of sp³-hybridized carbons (Fsp3) is 0.409. The lowest BCUT2D eigenvalue weighted by molar-refractivity contribution is -0.137. The third kappa shape index (κ3) is 6.20. The molecule has 14 heteroatoms. The molecule has 0 radical (unpaired) electrons. The maximum absolute atomic E-state index is 13.1. The molecule has 1 fully saturated rings. The first-order valence-corrected chi connectivity index (χ1v) is 12.9. The third-order valence-electron chi connectivity index (χ3n) is 5.60. The Kier molecular flexibility index (Phi) is 7.93. The Morgan fingerprint density at radius 1 is 1.08 bits per heavy atom. The van der Waals surface area contributed by atoms with Crippen LogP contribution in [0.5, 0.6) is 0 Å². The number of carbonyl (C=O) groups is 2. The number of nitrogens with one attached hydrogen (secondary N) is 1. The number of Topliss-reactive ketones (excluding diaryl/α,β-unsaturated/α-hetero) is 1. The van der Waals surface area contributed by atoms with Crippen LogP contribution in [-0.4, -0.2) is 64.8 Å². The number of pyridine rings is 1. The molecule has 0 spiro atoms. The second-order valence-corrected chi connectivity index (χ2v) is 10.9. The highest BCUT2D eigenvalue weighted by Crippen LogP contribution is 2.35. The molecular weight excluding hydrogens is 537 g/mol. The molecule has 0 bridgehead atoms. The number of nitrogens with zero attached hydrogens (tertiary/aromatic N) is 5. The number of ketones is 1. The summed E-state index contributed by atoms with van der Waals surface area (Å²) in [6, 6.07) is 0.676. The van der Waals surface area contributed by atoms with Crippen molar-refractivity contribution >= 4 is 56.9 Å². The van der Waals surface area contributed by atoms with Crippen LogP contribution in [0.3, 0.4) is 0 Å². The molecular formula is C22H22ClF3N6O2S2. The number of thiazole rings is 2. The fourth-order valence-corrected chi connectivity index (χ4v) is 5.52. The summed E-state index contributed by atoms with van der Waals surface area (Å²) >= 11 is 8.01. The lowest BCUT2D eigenvalue weighted by atomic mass is 10.1. The molecule has 1 aliphatic rings. The summed E-state index contributed by atoms with van der Waals surface area (Å²) in [7, 11) is 2.07. The third-order valence-corrected chi connectivity index (χ3v) is 8.23. The van der Waals surface area contributed by atoms with Gasteiger partial charge in [0.15, 0.2) is 10.9 Å². The van der Waals surface area contributed by atoms with Crippen molar-refractivity contribution < 1.29 is 22.8 Å². The average molecular weight is 559 g/mol. The van der Waals surface area contributed by atoms with E-state index in [1.807, 2.05) is 6.92 Å². The van der Waals surface area contributed by atoms with E-state index in [2.05, 4.69) is 37.1 Å².